The van der Waals surface area contributed by atoms with E-state index in [0.29, 0.717) is 18.4 Å². The quantitative estimate of drug-likeness (QED) is 0.881. The van der Waals surface area contributed by atoms with E-state index in [2.05, 4.69) is 10.3 Å². The Bertz CT molecular complexity index is 540. The predicted molar refractivity (Wildman–Crippen MR) is 72.7 cm³/mol. The normalized spacial score (nSPS) is 14.6. The first-order chi connectivity index (χ1) is 9.31. The van der Waals surface area contributed by atoms with Crippen LogP contribution in [0, 0.1) is 5.82 Å². The van der Waals surface area contributed by atoms with E-state index in [0.717, 1.165) is 17.0 Å². The molecule has 0 amide bonds. The number of ether oxygens (including phenoxy) is 1. The van der Waals surface area contributed by atoms with Crippen LogP contribution in [0.15, 0.2) is 29.9 Å². The van der Waals surface area contributed by atoms with Gasteiger partial charge in [0.15, 0.2) is 11.6 Å². The van der Waals surface area contributed by atoms with Crippen molar-refractivity contribution >= 4 is 11.3 Å². The molecule has 3 rings (SSSR count). The molecule has 1 fully saturated rings. The van der Waals surface area contributed by atoms with Gasteiger partial charge in [-0.25, -0.2) is 4.39 Å². The molecule has 0 saturated heterocycles. The van der Waals surface area contributed by atoms with Crippen LogP contribution in [0.25, 0.3) is 0 Å². The van der Waals surface area contributed by atoms with Crippen molar-refractivity contribution in [2.45, 2.75) is 32.0 Å². The molecule has 0 bridgehead atoms. The van der Waals surface area contributed by atoms with Crippen molar-refractivity contribution in [2.24, 2.45) is 0 Å². The molecule has 5 heteroatoms. The zero-order chi connectivity index (χ0) is 13.1. The highest BCUT2D eigenvalue weighted by atomic mass is 32.1. The number of aromatic nitrogens is 1. The third-order valence-corrected chi connectivity index (χ3v) is 3.78. The maximum atomic E-state index is 13.9. The van der Waals surface area contributed by atoms with Gasteiger partial charge in [-0.15, -0.1) is 11.3 Å². The average Bonchev–Trinajstić information content (AvgIpc) is 3.10. The predicted octanol–water partition coefficient (Wildman–Crippen LogP) is 3.11. The monoisotopic (exact) mass is 278 g/mol. The average molecular weight is 278 g/mol. The van der Waals surface area contributed by atoms with Crippen LogP contribution in [0.5, 0.6) is 5.75 Å². The van der Waals surface area contributed by atoms with Crippen LogP contribution in [-0.4, -0.2) is 11.0 Å². The Hall–Kier alpha value is -1.46. The highest BCUT2D eigenvalue weighted by Gasteiger charge is 2.20. The Balaban J connectivity index is 1.58. The SMILES string of the molecule is Fc1cc(CNC2CC2)ccc1OCc1cncs1. The molecule has 1 aliphatic carbocycles. The Kier molecular flexibility index (Phi) is 3.75. The Morgan fingerprint density at radius 1 is 1.42 bits per heavy atom. The second-order valence-electron chi connectivity index (χ2n) is 4.68. The smallest absolute Gasteiger partial charge is 0.165 e. The number of rotatable bonds is 6. The fraction of sp³-hybridized carbons (Fsp3) is 0.357. The maximum Gasteiger partial charge on any atom is 0.165 e. The summed E-state index contributed by atoms with van der Waals surface area (Å²) in [5, 5.41) is 3.36. The lowest BCUT2D eigenvalue weighted by Crippen LogP contribution is -2.15. The zero-order valence-corrected chi connectivity index (χ0v) is 11.3. The molecule has 2 aromatic rings. The summed E-state index contributed by atoms with van der Waals surface area (Å²) in [6.45, 7) is 1.08. The van der Waals surface area contributed by atoms with Gasteiger partial charge in [0.2, 0.25) is 0 Å². The van der Waals surface area contributed by atoms with Crippen molar-refractivity contribution in [3.63, 3.8) is 0 Å². The van der Waals surface area contributed by atoms with Crippen molar-refractivity contribution < 1.29 is 9.13 Å². The lowest BCUT2D eigenvalue weighted by Gasteiger charge is -2.08. The van der Waals surface area contributed by atoms with Gasteiger partial charge in [0.1, 0.15) is 6.61 Å². The molecule has 1 aliphatic rings. The molecule has 0 spiro atoms. The first kappa shape index (κ1) is 12.6. The molecule has 1 N–H and O–H groups in total. The summed E-state index contributed by atoms with van der Waals surface area (Å²) in [7, 11) is 0. The number of nitrogens with zero attached hydrogens (tertiary/aromatic N) is 1. The fourth-order valence-corrected chi connectivity index (χ4v) is 2.29. The van der Waals surface area contributed by atoms with Gasteiger partial charge in [0, 0.05) is 18.8 Å². The molecule has 0 aliphatic heterocycles. The van der Waals surface area contributed by atoms with E-state index >= 15 is 0 Å². The van der Waals surface area contributed by atoms with Crippen molar-refractivity contribution in [2.75, 3.05) is 0 Å². The van der Waals surface area contributed by atoms with Gasteiger partial charge in [-0.3, -0.25) is 4.98 Å². The summed E-state index contributed by atoms with van der Waals surface area (Å²) in [5.41, 5.74) is 2.69. The summed E-state index contributed by atoms with van der Waals surface area (Å²) < 4.78 is 19.3. The van der Waals surface area contributed by atoms with Gasteiger partial charge in [-0.05, 0) is 30.5 Å². The van der Waals surface area contributed by atoms with E-state index in [1.807, 2.05) is 6.07 Å². The molecule has 1 heterocycles. The van der Waals surface area contributed by atoms with Gasteiger partial charge < -0.3 is 10.1 Å². The molecule has 1 saturated carbocycles. The molecule has 0 atom stereocenters. The molecule has 1 aromatic carbocycles. The minimum atomic E-state index is -0.306. The minimum Gasteiger partial charge on any atom is -0.485 e. The molecule has 0 unspecified atom stereocenters. The van der Waals surface area contributed by atoms with E-state index in [4.69, 9.17) is 4.74 Å². The lowest BCUT2D eigenvalue weighted by molar-refractivity contribution is 0.293. The van der Waals surface area contributed by atoms with E-state index < -0.39 is 0 Å². The standard InChI is InChI=1S/C14H15FN2OS/c15-13-5-10(6-17-11-2-3-11)1-4-14(13)18-8-12-7-16-9-19-12/h1,4-5,7,9,11,17H,2-3,6,8H2. The Morgan fingerprint density at radius 2 is 2.32 bits per heavy atom. The van der Waals surface area contributed by atoms with Crippen molar-refractivity contribution in [1.29, 1.82) is 0 Å². The van der Waals surface area contributed by atoms with Crippen LogP contribution in [0.1, 0.15) is 23.3 Å². The van der Waals surface area contributed by atoms with Crippen LogP contribution >= 0.6 is 11.3 Å². The molecule has 3 nitrogen and oxygen atoms in total. The van der Waals surface area contributed by atoms with Gasteiger partial charge in [-0.1, -0.05) is 6.07 Å². The highest BCUT2D eigenvalue weighted by Crippen LogP contribution is 2.22. The second-order valence-corrected chi connectivity index (χ2v) is 5.65. The molecular formula is C14H15FN2OS. The highest BCUT2D eigenvalue weighted by molar-refractivity contribution is 7.09. The van der Waals surface area contributed by atoms with E-state index in [1.165, 1.54) is 30.2 Å². The van der Waals surface area contributed by atoms with Crippen molar-refractivity contribution in [1.82, 2.24) is 10.3 Å². The van der Waals surface area contributed by atoms with Gasteiger partial charge in [0.25, 0.3) is 0 Å². The number of halogens is 1. The van der Waals surface area contributed by atoms with Crippen LogP contribution in [0.3, 0.4) is 0 Å². The van der Waals surface area contributed by atoms with Crippen LogP contribution in [0.4, 0.5) is 4.39 Å². The Morgan fingerprint density at radius 3 is 3.00 bits per heavy atom. The molecule has 19 heavy (non-hydrogen) atoms. The fourth-order valence-electron chi connectivity index (χ4n) is 1.78. The van der Waals surface area contributed by atoms with Gasteiger partial charge in [-0.2, -0.15) is 0 Å². The number of hydrogen-bond donors (Lipinski definition) is 1. The minimum absolute atomic E-state index is 0.295. The van der Waals surface area contributed by atoms with Gasteiger partial charge >= 0.3 is 0 Å². The summed E-state index contributed by atoms with van der Waals surface area (Å²) in [6, 6.07) is 5.77. The number of nitrogens with one attached hydrogen (secondary N) is 1. The van der Waals surface area contributed by atoms with Gasteiger partial charge in [0.05, 0.1) is 10.4 Å². The van der Waals surface area contributed by atoms with E-state index in [1.54, 1.807) is 17.8 Å². The molecule has 100 valence electrons. The summed E-state index contributed by atoms with van der Waals surface area (Å²) in [4.78, 5) is 4.94. The molecule has 1 aromatic heterocycles. The largest absolute Gasteiger partial charge is 0.485 e. The molecule has 0 radical (unpaired) electrons. The number of thiazole rings is 1. The maximum absolute atomic E-state index is 13.9. The topological polar surface area (TPSA) is 34.1 Å². The van der Waals surface area contributed by atoms with Crippen molar-refractivity contribution in [3.05, 3.63) is 46.2 Å². The molecular weight excluding hydrogens is 263 g/mol. The lowest BCUT2D eigenvalue weighted by atomic mass is 10.2. The van der Waals surface area contributed by atoms with Crippen LogP contribution < -0.4 is 10.1 Å². The van der Waals surface area contributed by atoms with E-state index in [9.17, 15) is 4.39 Å². The number of hydrogen-bond acceptors (Lipinski definition) is 4. The van der Waals surface area contributed by atoms with E-state index in [-0.39, 0.29) is 5.82 Å². The number of benzene rings is 1. The Labute approximate surface area is 115 Å². The third-order valence-electron chi connectivity index (χ3n) is 3.02. The third kappa shape index (κ3) is 3.52. The van der Waals surface area contributed by atoms with Crippen molar-refractivity contribution in [3.8, 4) is 5.75 Å². The van der Waals surface area contributed by atoms with Crippen LogP contribution in [0.2, 0.25) is 0 Å². The van der Waals surface area contributed by atoms with Crippen LogP contribution in [-0.2, 0) is 13.2 Å². The first-order valence-corrected chi connectivity index (χ1v) is 7.21. The second kappa shape index (κ2) is 5.67. The summed E-state index contributed by atoms with van der Waals surface area (Å²) in [5.74, 6) is -0.0109. The summed E-state index contributed by atoms with van der Waals surface area (Å²) in [6.07, 6.45) is 4.20. The first-order valence-electron chi connectivity index (χ1n) is 6.33. The zero-order valence-electron chi connectivity index (χ0n) is 10.4. The summed E-state index contributed by atoms with van der Waals surface area (Å²) >= 11 is 1.50.